The van der Waals surface area contributed by atoms with Gasteiger partial charge in [0.25, 0.3) is 0 Å². The Hall–Kier alpha value is -0.860. The molecule has 1 fully saturated rings. The number of piperidine rings is 1. The summed E-state index contributed by atoms with van der Waals surface area (Å²) in [4.78, 5) is 2.63. The molecule has 0 bridgehead atoms. The van der Waals surface area contributed by atoms with Crippen LogP contribution in [0, 0.1) is 5.92 Å². The molecule has 0 radical (unpaired) electrons. The molecule has 0 aliphatic carbocycles. The fourth-order valence-corrected chi connectivity index (χ4v) is 2.92. The summed E-state index contributed by atoms with van der Waals surface area (Å²) in [5, 5.41) is 3.22. The van der Waals surface area contributed by atoms with Gasteiger partial charge in [0, 0.05) is 19.1 Å². The van der Waals surface area contributed by atoms with Crippen LogP contribution in [0.1, 0.15) is 37.8 Å². The van der Waals surface area contributed by atoms with E-state index in [0.717, 1.165) is 19.0 Å². The number of nitrogens with one attached hydrogen (secondary N) is 1. The second kappa shape index (κ2) is 6.35. The maximum Gasteiger partial charge on any atom is 0.0236 e. The molecule has 0 spiro atoms. The van der Waals surface area contributed by atoms with Crippen molar-refractivity contribution in [3.05, 3.63) is 35.4 Å². The Morgan fingerprint density at radius 3 is 2.83 bits per heavy atom. The predicted molar refractivity (Wildman–Crippen MR) is 77.5 cm³/mol. The highest BCUT2D eigenvalue weighted by Crippen LogP contribution is 2.24. The summed E-state index contributed by atoms with van der Waals surface area (Å²) in [6.45, 7) is 8.07. The normalized spacial score (nSPS) is 25.3. The lowest BCUT2D eigenvalue weighted by molar-refractivity contribution is 0.106. The van der Waals surface area contributed by atoms with Gasteiger partial charge in [-0.05, 0) is 50.4 Å². The third-order valence-corrected chi connectivity index (χ3v) is 4.26. The molecule has 100 valence electrons. The summed E-state index contributed by atoms with van der Waals surface area (Å²) in [5.41, 5.74) is 2.83. The number of hydrogen-bond acceptors (Lipinski definition) is 2. The van der Waals surface area contributed by atoms with E-state index in [9.17, 15) is 0 Å². The third kappa shape index (κ3) is 3.33. The summed E-state index contributed by atoms with van der Waals surface area (Å²) in [6.07, 6.45) is 2.74. The summed E-state index contributed by atoms with van der Waals surface area (Å²) in [7, 11) is 2.00. The number of likely N-dealkylation sites (tertiary alicyclic amines) is 1. The zero-order chi connectivity index (χ0) is 13.0. The fraction of sp³-hybridized carbons (Fsp3) is 0.625. The van der Waals surface area contributed by atoms with Gasteiger partial charge in [-0.15, -0.1) is 0 Å². The topological polar surface area (TPSA) is 15.3 Å². The van der Waals surface area contributed by atoms with Gasteiger partial charge in [-0.2, -0.15) is 0 Å². The lowest BCUT2D eigenvalue weighted by Gasteiger charge is -2.38. The molecule has 0 amide bonds. The maximum absolute atomic E-state index is 3.22. The molecule has 1 aliphatic heterocycles. The highest BCUT2D eigenvalue weighted by Gasteiger charge is 2.24. The molecule has 2 heteroatoms. The van der Waals surface area contributed by atoms with E-state index in [2.05, 4.69) is 48.3 Å². The van der Waals surface area contributed by atoms with Crippen molar-refractivity contribution >= 4 is 0 Å². The Kier molecular flexibility index (Phi) is 4.79. The summed E-state index contributed by atoms with van der Waals surface area (Å²) in [6, 6.07) is 9.68. The first-order valence-corrected chi connectivity index (χ1v) is 7.17. The van der Waals surface area contributed by atoms with Crippen molar-refractivity contribution in [2.45, 2.75) is 45.8 Å². The highest BCUT2D eigenvalue weighted by molar-refractivity contribution is 5.23. The lowest BCUT2D eigenvalue weighted by atomic mass is 9.91. The molecule has 1 heterocycles. The van der Waals surface area contributed by atoms with E-state index in [1.807, 2.05) is 7.05 Å². The molecule has 1 aromatic rings. The standard InChI is InChI=1S/C16H26N2/c1-13-6-5-9-18(14(13)2)12-16-8-4-7-15(10-16)11-17-3/h4,7-8,10,13-14,17H,5-6,9,11-12H2,1-3H3. The van der Waals surface area contributed by atoms with Crippen LogP contribution in [0.3, 0.4) is 0 Å². The quantitative estimate of drug-likeness (QED) is 0.878. The van der Waals surface area contributed by atoms with E-state index in [1.54, 1.807) is 0 Å². The first-order valence-electron chi connectivity index (χ1n) is 7.17. The van der Waals surface area contributed by atoms with Gasteiger partial charge >= 0.3 is 0 Å². The number of rotatable bonds is 4. The smallest absolute Gasteiger partial charge is 0.0236 e. The van der Waals surface area contributed by atoms with Crippen LogP contribution < -0.4 is 5.32 Å². The van der Waals surface area contributed by atoms with Crippen LogP contribution >= 0.6 is 0 Å². The van der Waals surface area contributed by atoms with Crippen molar-refractivity contribution in [1.29, 1.82) is 0 Å². The average molecular weight is 246 g/mol. The van der Waals surface area contributed by atoms with Gasteiger partial charge in [0.05, 0.1) is 0 Å². The third-order valence-electron chi connectivity index (χ3n) is 4.26. The molecule has 2 unspecified atom stereocenters. The first kappa shape index (κ1) is 13.6. The molecule has 18 heavy (non-hydrogen) atoms. The van der Waals surface area contributed by atoms with Gasteiger partial charge in [0.1, 0.15) is 0 Å². The SMILES string of the molecule is CNCc1cccc(CN2CCCC(C)C2C)c1. The molecule has 2 atom stereocenters. The van der Waals surface area contributed by atoms with Crippen LogP contribution in [0.15, 0.2) is 24.3 Å². The molecule has 0 saturated carbocycles. The molecule has 1 N–H and O–H groups in total. The molecule has 1 aliphatic rings. The van der Waals surface area contributed by atoms with Crippen LogP contribution in [0.25, 0.3) is 0 Å². The second-order valence-corrected chi connectivity index (χ2v) is 5.68. The number of nitrogens with zero attached hydrogens (tertiary/aromatic N) is 1. The van der Waals surface area contributed by atoms with Gasteiger partial charge in [-0.1, -0.05) is 31.2 Å². The van der Waals surface area contributed by atoms with Gasteiger partial charge in [-0.3, -0.25) is 4.90 Å². The molecular weight excluding hydrogens is 220 g/mol. The summed E-state index contributed by atoms with van der Waals surface area (Å²) >= 11 is 0. The molecule has 0 aromatic heterocycles. The minimum atomic E-state index is 0.715. The van der Waals surface area contributed by atoms with Crippen molar-refractivity contribution in [2.75, 3.05) is 13.6 Å². The van der Waals surface area contributed by atoms with E-state index in [1.165, 1.54) is 30.5 Å². The van der Waals surface area contributed by atoms with Crippen LogP contribution in [0.4, 0.5) is 0 Å². The van der Waals surface area contributed by atoms with Gasteiger partial charge in [0.2, 0.25) is 0 Å². The zero-order valence-corrected chi connectivity index (χ0v) is 11.9. The average Bonchev–Trinajstić information content (AvgIpc) is 2.36. The second-order valence-electron chi connectivity index (χ2n) is 5.68. The lowest BCUT2D eigenvalue weighted by Crippen LogP contribution is -2.41. The molecule has 2 rings (SSSR count). The van der Waals surface area contributed by atoms with Crippen molar-refractivity contribution in [3.63, 3.8) is 0 Å². The first-order chi connectivity index (χ1) is 8.70. The number of hydrogen-bond donors (Lipinski definition) is 1. The van der Waals surface area contributed by atoms with Crippen LogP contribution in [-0.2, 0) is 13.1 Å². The minimum Gasteiger partial charge on any atom is -0.316 e. The number of benzene rings is 1. The summed E-state index contributed by atoms with van der Waals surface area (Å²) < 4.78 is 0. The Morgan fingerprint density at radius 2 is 2.06 bits per heavy atom. The Morgan fingerprint density at radius 1 is 1.28 bits per heavy atom. The van der Waals surface area contributed by atoms with E-state index in [0.29, 0.717) is 6.04 Å². The Labute approximate surface area is 111 Å². The maximum atomic E-state index is 3.22. The molecule has 1 saturated heterocycles. The van der Waals surface area contributed by atoms with Crippen molar-refractivity contribution in [1.82, 2.24) is 10.2 Å². The zero-order valence-electron chi connectivity index (χ0n) is 11.9. The van der Waals surface area contributed by atoms with E-state index < -0.39 is 0 Å². The molecule has 2 nitrogen and oxygen atoms in total. The van der Waals surface area contributed by atoms with Gasteiger partial charge < -0.3 is 5.32 Å². The monoisotopic (exact) mass is 246 g/mol. The highest BCUT2D eigenvalue weighted by atomic mass is 15.2. The van der Waals surface area contributed by atoms with Crippen LogP contribution in [-0.4, -0.2) is 24.5 Å². The van der Waals surface area contributed by atoms with Gasteiger partial charge in [-0.25, -0.2) is 0 Å². The summed E-state index contributed by atoms with van der Waals surface area (Å²) in [5.74, 6) is 0.833. The largest absolute Gasteiger partial charge is 0.316 e. The van der Waals surface area contributed by atoms with E-state index >= 15 is 0 Å². The van der Waals surface area contributed by atoms with Crippen molar-refractivity contribution in [3.8, 4) is 0 Å². The Balaban J connectivity index is 2.01. The van der Waals surface area contributed by atoms with Crippen molar-refractivity contribution < 1.29 is 0 Å². The predicted octanol–water partition coefficient (Wildman–Crippen LogP) is 3.03. The van der Waals surface area contributed by atoms with Gasteiger partial charge in [0.15, 0.2) is 0 Å². The fourth-order valence-electron chi connectivity index (χ4n) is 2.92. The van der Waals surface area contributed by atoms with Crippen LogP contribution in [0.2, 0.25) is 0 Å². The Bertz CT molecular complexity index is 375. The van der Waals surface area contributed by atoms with E-state index in [-0.39, 0.29) is 0 Å². The van der Waals surface area contributed by atoms with Crippen molar-refractivity contribution in [2.24, 2.45) is 5.92 Å². The molecule has 1 aromatic carbocycles. The molecular formula is C16H26N2. The van der Waals surface area contributed by atoms with Crippen LogP contribution in [0.5, 0.6) is 0 Å². The minimum absolute atomic E-state index is 0.715. The van der Waals surface area contributed by atoms with E-state index in [4.69, 9.17) is 0 Å².